The van der Waals surface area contributed by atoms with Crippen LogP contribution >= 0.6 is 22.9 Å². The summed E-state index contributed by atoms with van der Waals surface area (Å²) in [5, 5.41) is 8.47. The Morgan fingerprint density at radius 2 is 2.00 bits per heavy atom. The van der Waals surface area contributed by atoms with Crippen molar-refractivity contribution in [2.75, 3.05) is 39.5 Å². The number of thiazole rings is 1. The number of carbonyl (C=O) groups is 4. The van der Waals surface area contributed by atoms with E-state index in [-0.39, 0.29) is 37.0 Å². The molecule has 0 saturated heterocycles. The highest BCUT2D eigenvalue weighted by atomic mass is 35.5. The van der Waals surface area contributed by atoms with Gasteiger partial charge in [0.1, 0.15) is 5.82 Å². The lowest BCUT2D eigenvalue weighted by Crippen LogP contribution is -2.46. The van der Waals surface area contributed by atoms with Crippen LogP contribution in [0.25, 0.3) is 0 Å². The molecule has 35 heavy (non-hydrogen) atoms. The quantitative estimate of drug-likeness (QED) is 0.439. The van der Waals surface area contributed by atoms with Crippen molar-refractivity contribution < 1.29 is 19.2 Å². The molecule has 2 aromatic heterocycles. The van der Waals surface area contributed by atoms with Crippen molar-refractivity contribution in [3.8, 4) is 0 Å². The van der Waals surface area contributed by atoms with E-state index >= 15 is 0 Å². The molecule has 3 heterocycles. The molecule has 2 aromatic rings. The van der Waals surface area contributed by atoms with E-state index in [9.17, 15) is 19.2 Å². The zero-order valence-corrected chi connectivity index (χ0v) is 21.3. The zero-order valence-electron chi connectivity index (χ0n) is 19.8. The number of hydrogen-bond donors (Lipinski definition) is 3. The normalized spacial score (nSPS) is 13.9. The second kappa shape index (κ2) is 12.0. The lowest BCUT2D eigenvalue weighted by Gasteiger charge is -2.20. The molecule has 0 radical (unpaired) electrons. The van der Waals surface area contributed by atoms with Crippen LogP contribution in [0.3, 0.4) is 0 Å². The summed E-state index contributed by atoms with van der Waals surface area (Å²) in [7, 11) is 5.30. The fourth-order valence-electron chi connectivity index (χ4n) is 3.33. The number of fused-ring (bicyclic) bond motifs is 1. The number of anilines is 1. The summed E-state index contributed by atoms with van der Waals surface area (Å²) < 4.78 is 0. The predicted octanol–water partition coefficient (Wildman–Crippen LogP) is 0.901. The van der Waals surface area contributed by atoms with Crippen LogP contribution in [0.5, 0.6) is 0 Å². The van der Waals surface area contributed by atoms with Crippen LogP contribution < -0.4 is 16.0 Å². The maximum atomic E-state index is 12.9. The van der Waals surface area contributed by atoms with E-state index < -0.39 is 17.9 Å². The van der Waals surface area contributed by atoms with Gasteiger partial charge in [-0.15, -0.1) is 11.3 Å². The number of halogens is 1. The Bertz CT molecular complexity index is 1090. The number of likely N-dealkylation sites (N-methyl/N-ethyl adjacent to an activating group) is 1. The maximum Gasteiger partial charge on any atom is 0.314 e. The van der Waals surface area contributed by atoms with Crippen LogP contribution in [-0.4, -0.2) is 83.7 Å². The average molecular weight is 522 g/mol. The third-order valence-electron chi connectivity index (χ3n) is 5.34. The van der Waals surface area contributed by atoms with Crippen molar-refractivity contribution in [3.63, 3.8) is 0 Å². The molecule has 1 atom stereocenters. The van der Waals surface area contributed by atoms with Gasteiger partial charge in [0.15, 0.2) is 5.01 Å². The predicted molar refractivity (Wildman–Crippen MR) is 132 cm³/mol. The third kappa shape index (κ3) is 7.70. The minimum Gasteiger partial charge on any atom is -0.349 e. The van der Waals surface area contributed by atoms with Gasteiger partial charge in [-0.2, -0.15) is 0 Å². The lowest BCUT2D eigenvalue weighted by molar-refractivity contribution is -0.136. The van der Waals surface area contributed by atoms with E-state index in [0.29, 0.717) is 10.0 Å². The molecule has 13 heteroatoms. The van der Waals surface area contributed by atoms with Gasteiger partial charge < -0.3 is 25.8 Å². The second-order valence-electron chi connectivity index (χ2n) is 8.40. The number of aromatic nitrogens is 2. The summed E-state index contributed by atoms with van der Waals surface area (Å²) in [6.07, 6.45) is 2.56. The van der Waals surface area contributed by atoms with Crippen molar-refractivity contribution in [1.82, 2.24) is 30.4 Å². The van der Waals surface area contributed by atoms with Crippen molar-refractivity contribution in [2.24, 2.45) is 0 Å². The number of carbonyl (C=O) groups excluding carboxylic acids is 4. The lowest BCUT2D eigenvalue weighted by atomic mass is 10.1. The summed E-state index contributed by atoms with van der Waals surface area (Å²) in [5.74, 6) is -2.12. The number of nitrogens with zero attached hydrogens (tertiary/aromatic N) is 4. The standard InChI is InChI=1S/C22H28ClN7O4S/c1-29(2)18(31)7-5-14(11-25-19(32)20(33)28-17-6-4-13(23)10-24-17)26-21(34)22-27-15-8-9-30(3)12-16(15)35-22/h4,6,10,14H,5,7-9,11-12H2,1-3H3,(H,25,32)(H,26,34)(H,24,28,33). The van der Waals surface area contributed by atoms with Crippen LogP contribution in [0, 0.1) is 0 Å². The third-order valence-corrected chi connectivity index (χ3v) is 6.65. The van der Waals surface area contributed by atoms with Crippen LogP contribution in [0.1, 0.15) is 33.2 Å². The average Bonchev–Trinajstić information content (AvgIpc) is 3.25. The molecule has 11 nitrogen and oxygen atoms in total. The van der Waals surface area contributed by atoms with Crippen molar-refractivity contribution >= 4 is 52.4 Å². The molecule has 4 amide bonds. The van der Waals surface area contributed by atoms with Crippen LogP contribution in [0.15, 0.2) is 18.3 Å². The Morgan fingerprint density at radius 3 is 2.69 bits per heavy atom. The van der Waals surface area contributed by atoms with E-state index in [1.54, 1.807) is 14.1 Å². The molecule has 1 aliphatic heterocycles. The van der Waals surface area contributed by atoms with Crippen molar-refractivity contribution in [1.29, 1.82) is 0 Å². The molecule has 1 aliphatic rings. The first-order valence-corrected chi connectivity index (χ1v) is 12.2. The summed E-state index contributed by atoms with van der Waals surface area (Å²) in [6, 6.07) is 2.42. The second-order valence-corrected chi connectivity index (χ2v) is 9.92. The number of pyridine rings is 1. The highest BCUT2D eigenvalue weighted by molar-refractivity contribution is 7.13. The van der Waals surface area contributed by atoms with Gasteiger partial charge in [0.05, 0.1) is 10.7 Å². The number of rotatable bonds is 8. The first-order chi connectivity index (χ1) is 16.6. The first kappa shape index (κ1) is 26.5. The minimum atomic E-state index is -0.911. The molecule has 3 rings (SSSR count). The fourth-order valence-corrected chi connectivity index (χ4v) is 4.54. The molecule has 1 unspecified atom stereocenters. The molecule has 0 aliphatic carbocycles. The van der Waals surface area contributed by atoms with Gasteiger partial charge >= 0.3 is 11.8 Å². The highest BCUT2D eigenvalue weighted by Crippen LogP contribution is 2.24. The molecule has 0 bridgehead atoms. The smallest absolute Gasteiger partial charge is 0.314 e. The molecule has 0 aromatic carbocycles. The first-order valence-electron chi connectivity index (χ1n) is 11.0. The monoisotopic (exact) mass is 521 g/mol. The van der Waals surface area contributed by atoms with Gasteiger partial charge in [-0.05, 0) is 25.6 Å². The molecular formula is C22H28ClN7O4S. The zero-order chi connectivity index (χ0) is 25.5. The van der Waals surface area contributed by atoms with E-state index in [1.807, 2.05) is 7.05 Å². The Hall–Kier alpha value is -3.09. The molecule has 3 N–H and O–H groups in total. The van der Waals surface area contributed by atoms with E-state index in [4.69, 9.17) is 11.6 Å². The number of hydrogen-bond acceptors (Lipinski definition) is 8. The maximum absolute atomic E-state index is 12.9. The van der Waals surface area contributed by atoms with E-state index in [2.05, 4.69) is 30.8 Å². The Labute approximate surface area is 212 Å². The van der Waals surface area contributed by atoms with E-state index in [0.717, 1.165) is 30.1 Å². The highest BCUT2D eigenvalue weighted by Gasteiger charge is 2.24. The fraction of sp³-hybridized carbons (Fsp3) is 0.455. The van der Waals surface area contributed by atoms with Gasteiger partial charge in [-0.3, -0.25) is 19.2 Å². The van der Waals surface area contributed by atoms with Gasteiger partial charge in [-0.1, -0.05) is 11.6 Å². The van der Waals surface area contributed by atoms with Gasteiger partial charge in [0.2, 0.25) is 5.91 Å². The Morgan fingerprint density at radius 1 is 1.23 bits per heavy atom. The minimum absolute atomic E-state index is 0.0411. The van der Waals surface area contributed by atoms with Crippen molar-refractivity contribution in [3.05, 3.63) is 38.9 Å². The van der Waals surface area contributed by atoms with Crippen LogP contribution in [-0.2, 0) is 27.3 Å². The topological polar surface area (TPSA) is 137 Å². The van der Waals surface area contributed by atoms with Gasteiger partial charge in [0.25, 0.3) is 5.91 Å². The van der Waals surface area contributed by atoms with Gasteiger partial charge in [0, 0.05) is 63.7 Å². The summed E-state index contributed by atoms with van der Waals surface area (Å²) in [4.78, 5) is 62.5. The molecule has 0 fully saturated rings. The Balaban J connectivity index is 1.61. The van der Waals surface area contributed by atoms with E-state index in [1.165, 1.54) is 34.6 Å². The Kier molecular flexibility index (Phi) is 9.13. The van der Waals surface area contributed by atoms with Gasteiger partial charge in [-0.25, -0.2) is 9.97 Å². The summed E-state index contributed by atoms with van der Waals surface area (Å²) >= 11 is 7.11. The molecule has 188 valence electrons. The van der Waals surface area contributed by atoms with Crippen LogP contribution in [0.4, 0.5) is 5.82 Å². The molecule has 0 saturated carbocycles. The number of amides is 4. The molecular weight excluding hydrogens is 494 g/mol. The summed E-state index contributed by atoms with van der Waals surface area (Å²) in [5.41, 5.74) is 0.929. The van der Waals surface area contributed by atoms with Crippen molar-refractivity contribution in [2.45, 2.75) is 31.8 Å². The number of nitrogens with one attached hydrogen (secondary N) is 3. The largest absolute Gasteiger partial charge is 0.349 e. The van der Waals surface area contributed by atoms with Crippen LogP contribution in [0.2, 0.25) is 5.02 Å². The molecule has 0 spiro atoms. The summed E-state index contributed by atoms with van der Waals surface area (Å²) in [6.45, 7) is 1.59. The SMILES string of the molecule is CN1CCc2nc(C(=O)NC(CCC(=O)N(C)C)CNC(=O)C(=O)Nc3ccc(Cl)cn3)sc2C1.